The minimum atomic E-state index is -0.811. The molecule has 0 saturated heterocycles. The molecule has 0 unspecified atom stereocenters. The van der Waals surface area contributed by atoms with Crippen molar-refractivity contribution in [2.75, 3.05) is 14.2 Å². The maximum Gasteiger partial charge on any atom is 0.341 e. The van der Waals surface area contributed by atoms with Crippen LogP contribution in [0.1, 0.15) is 20.7 Å². The average Bonchev–Trinajstić information content (AvgIpc) is 2.35. The highest BCUT2D eigenvalue weighted by Crippen LogP contribution is 2.32. The summed E-state index contributed by atoms with van der Waals surface area (Å²) in [5, 5.41) is 10.8. The van der Waals surface area contributed by atoms with Crippen LogP contribution in [0.3, 0.4) is 0 Å². The van der Waals surface area contributed by atoms with Gasteiger partial charge in [0.05, 0.1) is 19.1 Å². The maximum atomic E-state index is 11.4. The summed E-state index contributed by atoms with van der Waals surface area (Å²) in [7, 11) is 2.32. The molecule has 1 aromatic carbocycles. The van der Waals surface area contributed by atoms with E-state index in [0.29, 0.717) is 6.29 Å². The molecule has 0 N–H and O–H groups in total. The summed E-state index contributed by atoms with van der Waals surface area (Å²) >= 11 is 0. The average molecular weight is 239 g/mol. The third kappa shape index (κ3) is 2.39. The van der Waals surface area contributed by atoms with Crippen LogP contribution < -0.4 is 4.74 Å². The minimum absolute atomic E-state index is 0.00194. The number of nitro benzene ring substituents is 1. The van der Waals surface area contributed by atoms with Crippen LogP contribution in [0.2, 0.25) is 0 Å². The Hall–Kier alpha value is -2.44. The number of methoxy groups -OCH3 is 2. The molecule has 0 amide bonds. The van der Waals surface area contributed by atoms with Gasteiger partial charge < -0.3 is 9.47 Å². The highest BCUT2D eigenvalue weighted by atomic mass is 16.6. The number of carbonyl (C=O) groups is 2. The molecule has 7 nitrogen and oxygen atoms in total. The van der Waals surface area contributed by atoms with Gasteiger partial charge in [-0.05, 0) is 6.07 Å². The molecule has 0 aliphatic rings. The van der Waals surface area contributed by atoms with Crippen LogP contribution in [0.5, 0.6) is 5.75 Å². The molecule has 0 spiro atoms. The third-order valence-corrected chi connectivity index (χ3v) is 2.03. The number of benzene rings is 1. The second-order valence-corrected chi connectivity index (χ2v) is 2.99. The third-order valence-electron chi connectivity index (χ3n) is 2.03. The van der Waals surface area contributed by atoms with Crippen LogP contribution in [0.15, 0.2) is 12.1 Å². The fourth-order valence-corrected chi connectivity index (χ4v) is 1.32. The van der Waals surface area contributed by atoms with E-state index in [9.17, 15) is 19.7 Å². The Bertz CT molecular complexity index is 482. The summed E-state index contributed by atoms with van der Waals surface area (Å²) in [6.45, 7) is 0. The molecule has 1 rings (SSSR count). The first-order chi connectivity index (χ1) is 8.04. The number of esters is 1. The van der Waals surface area contributed by atoms with E-state index >= 15 is 0 Å². The topological polar surface area (TPSA) is 95.7 Å². The van der Waals surface area contributed by atoms with E-state index in [1.165, 1.54) is 13.2 Å². The van der Waals surface area contributed by atoms with Crippen molar-refractivity contribution in [2.24, 2.45) is 0 Å². The number of nitro groups is 1. The monoisotopic (exact) mass is 239 g/mol. The molecule has 0 aliphatic heterocycles. The van der Waals surface area contributed by atoms with E-state index in [4.69, 9.17) is 4.74 Å². The van der Waals surface area contributed by atoms with Crippen LogP contribution in [0, 0.1) is 10.1 Å². The van der Waals surface area contributed by atoms with Gasteiger partial charge in [-0.25, -0.2) is 4.79 Å². The summed E-state index contributed by atoms with van der Waals surface area (Å²) < 4.78 is 9.26. The molecule has 0 heterocycles. The molecular formula is C10H9NO6. The van der Waals surface area contributed by atoms with Gasteiger partial charge in [-0.1, -0.05) is 0 Å². The highest BCUT2D eigenvalue weighted by Gasteiger charge is 2.24. The van der Waals surface area contributed by atoms with Gasteiger partial charge in [0, 0.05) is 11.6 Å². The van der Waals surface area contributed by atoms with Gasteiger partial charge in [0.15, 0.2) is 0 Å². The van der Waals surface area contributed by atoms with Crippen LogP contribution in [0.4, 0.5) is 5.69 Å². The van der Waals surface area contributed by atoms with Gasteiger partial charge in [0.2, 0.25) is 5.75 Å². The number of aldehydes is 1. The lowest BCUT2D eigenvalue weighted by atomic mass is 10.1. The number of nitrogens with zero attached hydrogens (tertiary/aromatic N) is 1. The molecule has 0 bridgehead atoms. The zero-order valence-corrected chi connectivity index (χ0v) is 9.13. The lowest BCUT2D eigenvalue weighted by molar-refractivity contribution is -0.385. The Labute approximate surface area is 96.1 Å². The predicted octanol–water partition coefficient (Wildman–Crippen LogP) is 1.20. The summed E-state index contributed by atoms with van der Waals surface area (Å²) in [4.78, 5) is 32.1. The SMILES string of the molecule is COC(=O)c1cc(C=O)cc([N+](=O)[O-])c1OC. The Morgan fingerprint density at radius 3 is 2.47 bits per heavy atom. The zero-order valence-electron chi connectivity index (χ0n) is 9.13. The van der Waals surface area contributed by atoms with Crippen molar-refractivity contribution in [3.05, 3.63) is 33.4 Å². The Balaban J connectivity index is 3.55. The minimum Gasteiger partial charge on any atom is -0.490 e. The molecular weight excluding hydrogens is 230 g/mol. The van der Waals surface area contributed by atoms with E-state index in [2.05, 4.69) is 4.74 Å². The number of hydrogen-bond donors (Lipinski definition) is 0. The van der Waals surface area contributed by atoms with Crippen LogP contribution >= 0.6 is 0 Å². The van der Waals surface area contributed by atoms with E-state index in [1.54, 1.807) is 0 Å². The van der Waals surface area contributed by atoms with E-state index in [0.717, 1.165) is 13.2 Å². The van der Waals surface area contributed by atoms with Crippen LogP contribution in [-0.2, 0) is 4.74 Å². The van der Waals surface area contributed by atoms with Crippen molar-refractivity contribution in [3.8, 4) is 5.75 Å². The largest absolute Gasteiger partial charge is 0.490 e. The molecule has 0 saturated carbocycles. The maximum absolute atomic E-state index is 11.4. The van der Waals surface area contributed by atoms with Gasteiger partial charge in [0.25, 0.3) is 0 Å². The second kappa shape index (κ2) is 5.06. The van der Waals surface area contributed by atoms with Crippen molar-refractivity contribution in [1.29, 1.82) is 0 Å². The molecule has 0 aromatic heterocycles. The fraction of sp³-hybridized carbons (Fsp3) is 0.200. The summed E-state index contributed by atoms with van der Waals surface area (Å²) in [6, 6.07) is 2.20. The highest BCUT2D eigenvalue weighted by molar-refractivity contribution is 5.96. The van der Waals surface area contributed by atoms with Crippen molar-refractivity contribution >= 4 is 17.9 Å². The smallest absolute Gasteiger partial charge is 0.341 e. The first kappa shape index (κ1) is 12.6. The second-order valence-electron chi connectivity index (χ2n) is 2.99. The Morgan fingerprint density at radius 1 is 1.41 bits per heavy atom. The standard InChI is InChI=1S/C10H9NO6/c1-16-9-7(10(13)17-2)3-6(5-12)4-8(9)11(14)15/h3-5H,1-2H3. The lowest BCUT2D eigenvalue weighted by Crippen LogP contribution is -2.07. The number of carbonyl (C=O) groups excluding carboxylic acids is 2. The molecule has 0 radical (unpaired) electrons. The van der Waals surface area contributed by atoms with Crippen molar-refractivity contribution < 1.29 is 24.0 Å². The van der Waals surface area contributed by atoms with Crippen molar-refractivity contribution in [2.45, 2.75) is 0 Å². The van der Waals surface area contributed by atoms with Crippen molar-refractivity contribution in [3.63, 3.8) is 0 Å². The van der Waals surface area contributed by atoms with Gasteiger partial charge in [0.1, 0.15) is 11.8 Å². The first-order valence-electron chi connectivity index (χ1n) is 4.45. The van der Waals surface area contributed by atoms with Gasteiger partial charge in [-0.3, -0.25) is 14.9 Å². The van der Waals surface area contributed by atoms with E-state index in [1.807, 2.05) is 0 Å². The molecule has 1 aromatic rings. The number of ether oxygens (including phenoxy) is 2. The summed E-state index contributed by atoms with van der Waals surface area (Å²) in [5.74, 6) is -1.04. The molecule has 17 heavy (non-hydrogen) atoms. The predicted molar refractivity (Wildman–Crippen MR) is 56.4 cm³/mol. The van der Waals surface area contributed by atoms with E-state index in [-0.39, 0.29) is 16.9 Å². The molecule has 7 heteroatoms. The first-order valence-corrected chi connectivity index (χ1v) is 4.45. The van der Waals surface area contributed by atoms with Gasteiger partial charge in [-0.15, -0.1) is 0 Å². The molecule has 0 fully saturated rings. The normalized spacial score (nSPS) is 9.53. The molecule has 0 aliphatic carbocycles. The zero-order chi connectivity index (χ0) is 13.0. The Morgan fingerprint density at radius 2 is 2.06 bits per heavy atom. The molecule has 90 valence electrons. The van der Waals surface area contributed by atoms with Crippen molar-refractivity contribution in [1.82, 2.24) is 0 Å². The summed E-state index contributed by atoms with van der Waals surface area (Å²) in [5.41, 5.74) is -0.623. The van der Waals surface area contributed by atoms with Crippen LogP contribution in [0.25, 0.3) is 0 Å². The lowest BCUT2D eigenvalue weighted by Gasteiger charge is -2.07. The fourth-order valence-electron chi connectivity index (χ4n) is 1.32. The number of hydrogen-bond acceptors (Lipinski definition) is 6. The quantitative estimate of drug-likeness (QED) is 0.339. The summed E-state index contributed by atoms with van der Waals surface area (Å²) in [6.07, 6.45) is 0.402. The molecule has 0 atom stereocenters. The van der Waals surface area contributed by atoms with E-state index < -0.39 is 16.6 Å². The Kier molecular flexibility index (Phi) is 3.76. The number of rotatable bonds is 4. The van der Waals surface area contributed by atoms with Gasteiger partial charge >= 0.3 is 11.7 Å². The van der Waals surface area contributed by atoms with Gasteiger partial charge in [-0.2, -0.15) is 0 Å². The van der Waals surface area contributed by atoms with Crippen LogP contribution in [-0.4, -0.2) is 31.4 Å².